The van der Waals surface area contributed by atoms with Crippen LogP contribution in [0, 0.1) is 0 Å². The summed E-state index contributed by atoms with van der Waals surface area (Å²) in [4.78, 5) is 28.5. The molecule has 0 fully saturated rings. The van der Waals surface area contributed by atoms with Gasteiger partial charge in [-0.3, -0.25) is 10.1 Å². The topological polar surface area (TPSA) is 147 Å². The average molecular weight is 427 g/mol. The Hall–Kier alpha value is -3.31. The molecule has 156 valence electrons. The summed E-state index contributed by atoms with van der Waals surface area (Å²) in [5.41, 5.74) is 8.69. The summed E-state index contributed by atoms with van der Waals surface area (Å²) >= 11 is 0. The molecular formula is C19H21N7O3S. The molecule has 0 aliphatic carbocycles. The van der Waals surface area contributed by atoms with Gasteiger partial charge in [-0.25, -0.2) is 23.4 Å². The Balaban J connectivity index is 1.55. The molecule has 1 aliphatic heterocycles. The molecule has 0 saturated carbocycles. The van der Waals surface area contributed by atoms with Crippen molar-refractivity contribution in [3.63, 3.8) is 0 Å². The number of imidazole rings is 1. The second-order valence-electron chi connectivity index (χ2n) is 6.78. The van der Waals surface area contributed by atoms with Gasteiger partial charge in [-0.15, -0.1) is 0 Å². The largest absolute Gasteiger partial charge is 0.382 e. The molecule has 0 unspecified atom stereocenters. The zero-order chi connectivity index (χ0) is 21.3. The van der Waals surface area contributed by atoms with Crippen molar-refractivity contribution in [3.8, 4) is 0 Å². The first-order valence-electron chi connectivity index (χ1n) is 9.43. The molecule has 1 aromatic carbocycles. The first-order valence-corrected chi connectivity index (χ1v) is 11.0. The van der Waals surface area contributed by atoms with Crippen LogP contribution >= 0.6 is 0 Å². The van der Waals surface area contributed by atoms with Gasteiger partial charge in [0.15, 0.2) is 11.5 Å². The lowest BCUT2D eigenvalue weighted by atomic mass is 10.1. The molecule has 4 N–H and O–H groups in total. The number of nitrogens with zero attached hydrogens (tertiary/aromatic N) is 4. The van der Waals surface area contributed by atoms with Crippen molar-refractivity contribution >= 4 is 44.3 Å². The highest BCUT2D eigenvalue weighted by Crippen LogP contribution is 2.23. The van der Waals surface area contributed by atoms with Crippen LogP contribution in [0.3, 0.4) is 0 Å². The van der Waals surface area contributed by atoms with Gasteiger partial charge in [0.05, 0.1) is 28.7 Å². The third-order valence-electron chi connectivity index (χ3n) is 4.90. The number of benzene rings is 1. The number of carbonyl (C=O) groups is 1. The van der Waals surface area contributed by atoms with Crippen LogP contribution in [0.5, 0.6) is 0 Å². The maximum Gasteiger partial charge on any atom is 0.280 e. The lowest BCUT2D eigenvalue weighted by Gasteiger charge is -2.25. The molecule has 0 atom stereocenters. The number of anilines is 2. The molecule has 1 aliphatic rings. The van der Waals surface area contributed by atoms with Crippen molar-refractivity contribution in [2.45, 2.75) is 13.3 Å². The maximum absolute atomic E-state index is 12.7. The fourth-order valence-corrected chi connectivity index (χ4v) is 4.25. The van der Waals surface area contributed by atoms with Crippen molar-refractivity contribution in [2.24, 2.45) is 0 Å². The molecule has 11 heteroatoms. The molecule has 0 spiro atoms. The Morgan fingerprint density at radius 2 is 2.10 bits per heavy atom. The van der Waals surface area contributed by atoms with Gasteiger partial charge in [-0.1, -0.05) is 18.2 Å². The van der Waals surface area contributed by atoms with E-state index in [0.29, 0.717) is 18.7 Å². The number of hydrogen-bond donors (Lipinski definition) is 3. The Bertz CT molecular complexity index is 1220. The van der Waals surface area contributed by atoms with E-state index in [9.17, 15) is 13.2 Å². The van der Waals surface area contributed by atoms with Gasteiger partial charge >= 0.3 is 0 Å². The van der Waals surface area contributed by atoms with E-state index in [4.69, 9.17) is 5.73 Å². The fourth-order valence-electron chi connectivity index (χ4n) is 3.22. The highest BCUT2D eigenvalue weighted by molar-refractivity contribution is 7.89. The first kappa shape index (κ1) is 20.0. The van der Waals surface area contributed by atoms with Crippen LogP contribution in [0.2, 0.25) is 0 Å². The number of para-hydroxylation sites is 2. The van der Waals surface area contributed by atoms with Gasteiger partial charge in [0.25, 0.3) is 5.91 Å². The van der Waals surface area contributed by atoms with Gasteiger partial charge in [-0.05, 0) is 31.1 Å². The molecule has 10 nitrogen and oxygen atoms in total. The van der Waals surface area contributed by atoms with Gasteiger partial charge < -0.3 is 10.7 Å². The maximum atomic E-state index is 12.7. The van der Waals surface area contributed by atoms with Crippen molar-refractivity contribution < 1.29 is 13.2 Å². The van der Waals surface area contributed by atoms with E-state index in [2.05, 4.69) is 25.3 Å². The number of nitrogen functional groups attached to an aromatic ring is 1. The van der Waals surface area contributed by atoms with Crippen LogP contribution in [-0.4, -0.2) is 57.4 Å². The fraction of sp³-hybridized carbons (Fsp3) is 0.263. The summed E-state index contributed by atoms with van der Waals surface area (Å²) in [6.07, 6.45) is 3.75. The van der Waals surface area contributed by atoms with Gasteiger partial charge in [0.1, 0.15) is 0 Å². The van der Waals surface area contributed by atoms with Crippen molar-refractivity contribution in [2.75, 3.05) is 29.9 Å². The summed E-state index contributed by atoms with van der Waals surface area (Å²) in [7, 11) is -3.24. The number of hydrogen-bond acceptors (Lipinski definition) is 7. The SMILES string of the molecule is CCS(=O)(=O)N1CC=C(c2cnc(N)c(C(=O)Nc3nc4ccccc4[nH]3)n2)CC1. The number of sulfonamides is 1. The summed E-state index contributed by atoms with van der Waals surface area (Å²) in [5, 5.41) is 2.66. The van der Waals surface area contributed by atoms with Crippen LogP contribution in [0.25, 0.3) is 16.6 Å². The van der Waals surface area contributed by atoms with Crippen molar-refractivity contribution in [1.29, 1.82) is 0 Å². The molecule has 0 bridgehead atoms. The number of nitrogens with one attached hydrogen (secondary N) is 2. The number of amides is 1. The summed E-state index contributed by atoms with van der Waals surface area (Å²) in [5.74, 6) is -0.194. The molecule has 3 aromatic rings. The van der Waals surface area contributed by atoms with E-state index < -0.39 is 15.9 Å². The first-order chi connectivity index (χ1) is 14.4. The smallest absolute Gasteiger partial charge is 0.280 e. The van der Waals surface area contributed by atoms with E-state index >= 15 is 0 Å². The normalized spacial score (nSPS) is 15.2. The number of aromatic amines is 1. The summed E-state index contributed by atoms with van der Waals surface area (Å²) in [6, 6.07) is 7.40. The minimum absolute atomic E-state index is 0.000965. The van der Waals surface area contributed by atoms with Crippen molar-refractivity contribution in [3.05, 3.63) is 47.9 Å². The quantitative estimate of drug-likeness (QED) is 0.560. The molecule has 3 heterocycles. The van der Waals surface area contributed by atoms with E-state index in [1.165, 1.54) is 10.5 Å². The van der Waals surface area contributed by atoms with E-state index in [1.54, 1.807) is 13.0 Å². The predicted molar refractivity (Wildman–Crippen MR) is 114 cm³/mol. The zero-order valence-electron chi connectivity index (χ0n) is 16.3. The predicted octanol–water partition coefficient (Wildman–Crippen LogP) is 1.63. The monoisotopic (exact) mass is 427 g/mol. The molecule has 0 radical (unpaired) electrons. The number of nitrogens with two attached hydrogens (primary N) is 1. The Morgan fingerprint density at radius 1 is 1.30 bits per heavy atom. The highest BCUT2D eigenvalue weighted by atomic mass is 32.2. The minimum atomic E-state index is -3.24. The summed E-state index contributed by atoms with van der Waals surface area (Å²) in [6.45, 7) is 2.24. The van der Waals surface area contributed by atoms with Crippen LogP contribution in [0.1, 0.15) is 29.5 Å². The van der Waals surface area contributed by atoms with Crippen LogP contribution in [0.4, 0.5) is 11.8 Å². The zero-order valence-corrected chi connectivity index (χ0v) is 17.1. The number of fused-ring (bicyclic) bond motifs is 1. The molecular weight excluding hydrogens is 406 g/mol. The molecule has 4 rings (SSSR count). The van der Waals surface area contributed by atoms with E-state index in [1.807, 2.05) is 24.3 Å². The third kappa shape index (κ3) is 3.89. The lowest BCUT2D eigenvalue weighted by molar-refractivity contribution is 0.102. The highest BCUT2D eigenvalue weighted by Gasteiger charge is 2.24. The third-order valence-corrected chi connectivity index (χ3v) is 6.74. The molecule has 0 saturated heterocycles. The number of rotatable bonds is 5. The Labute approximate surface area is 173 Å². The van der Waals surface area contributed by atoms with Gasteiger partial charge in [0.2, 0.25) is 16.0 Å². The second-order valence-corrected chi connectivity index (χ2v) is 9.04. The molecule has 30 heavy (non-hydrogen) atoms. The lowest BCUT2D eigenvalue weighted by Crippen LogP contribution is -2.35. The number of H-pyrrole nitrogens is 1. The second kappa shape index (κ2) is 7.84. The molecule has 2 aromatic heterocycles. The minimum Gasteiger partial charge on any atom is -0.382 e. The average Bonchev–Trinajstić information content (AvgIpc) is 3.16. The van der Waals surface area contributed by atoms with Crippen LogP contribution in [-0.2, 0) is 10.0 Å². The Morgan fingerprint density at radius 3 is 2.80 bits per heavy atom. The number of aromatic nitrogens is 4. The number of carbonyl (C=O) groups excluding carboxylic acids is 1. The van der Waals surface area contributed by atoms with Crippen LogP contribution < -0.4 is 11.1 Å². The Kier molecular flexibility index (Phi) is 5.22. The van der Waals surface area contributed by atoms with E-state index in [0.717, 1.165) is 16.6 Å². The van der Waals surface area contributed by atoms with Gasteiger partial charge in [-0.2, -0.15) is 4.31 Å². The van der Waals surface area contributed by atoms with Crippen molar-refractivity contribution in [1.82, 2.24) is 24.2 Å². The van der Waals surface area contributed by atoms with Crippen LogP contribution in [0.15, 0.2) is 36.5 Å². The van der Waals surface area contributed by atoms with Gasteiger partial charge in [0, 0.05) is 13.1 Å². The van der Waals surface area contributed by atoms with E-state index in [-0.39, 0.29) is 29.8 Å². The standard InChI is InChI=1S/C19H21N7O3S/c1-2-30(28,29)26-9-7-12(8-10-26)15-11-21-17(20)16(22-15)18(27)25-19-23-13-5-3-4-6-14(13)24-19/h3-7,11H,2,8-10H2,1H3,(H2,20,21)(H2,23,24,25,27). The summed E-state index contributed by atoms with van der Waals surface area (Å²) < 4.78 is 25.5. The molecule has 1 amide bonds.